The molecule has 192 valence electrons. The summed E-state index contributed by atoms with van der Waals surface area (Å²) in [5.41, 5.74) is 1.27. The van der Waals surface area contributed by atoms with Gasteiger partial charge in [0.25, 0.3) is 0 Å². The molecule has 0 amide bonds. The van der Waals surface area contributed by atoms with Crippen LogP contribution in [0.5, 0.6) is 34.5 Å². The normalized spacial score (nSPS) is 13.0. The topological polar surface area (TPSA) is 185 Å². The molecule has 10 heteroatoms. The van der Waals surface area contributed by atoms with Crippen LogP contribution >= 0.6 is 0 Å². The van der Waals surface area contributed by atoms with Crippen molar-refractivity contribution in [1.82, 2.24) is 0 Å². The summed E-state index contributed by atoms with van der Waals surface area (Å²) in [5, 5.41) is 68.4. The first-order valence-electron chi connectivity index (χ1n) is 10.9. The number of hydrogen-bond acceptors (Lipinski definition) is 10. The Bertz CT molecular complexity index is 1360. The summed E-state index contributed by atoms with van der Waals surface area (Å²) in [6, 6.07) is 10.5. The van der Waals surface area contributed by atoms with Crippen molar-refractivity contribution in [3.63, 3.8) is 0 Å². The van der Waals surface area contributed by atoms with Gasteiger partial charge in [0, 0.05) is 18.1 Å². The summed E-state index contributed by atoms with van der Waals surface area (Å²) in [4.78, 5) is 23.6. The number of phenols is 6. The molecule has 0 aliphatic carbocycles. The molecule has 0 radical (unpaired) electrons. The quantitative estimate of drug-likeness (QED) is 0.0745. The van der Waals surface area contributed by atoms with E-state index in [0.29, 0.717) is 16.7 Å². The van der Waals surface area contributed by atoms with Crippen LogP contribution in [0.2, 0.25) is 0 Å². The predicted octanol–water partition coefficient (Wildman–Crippen LogP) is 2.82. The summed E-state index contributed by atoms with van der Waals surface area (Å²) in [6.45, 7) is 0. The minimum atomic E-state index is -1.66. The number of benzene rings is 3. The lowest BCUT2D eigenvalue weighted by molar-refractivity contribution is -0.150. The largest absolute Gasteiger partial charge is 0.504 e. The number of carbonyl (C=O) groups excluding carboxylic acids is 2. The van der Waals surface area contributed by atoms with E-state index >= 15 is 0 Å². The third-order valence-corrected chi connectivity index (χ3v) is 5.33. The molecule has 0 aliphatic heterocycles. The first-order chi connectivity index (χ1) is 17.6. The molecule has 0 spiro atoms. The lowest BCUT2D eigenvalue weighted by Crippen LogP contribution is -2.34. The minimum absolute atomic E-state index is 0.126. The fourth-order valence-electron chi connectivity index (χ4n) is 3.35. The Morgan fingerprint density at radius 2 is 1.43 bits per heavy atom. The predicted molar refractivity (Wildman–Crippen MR) is 133 cm³/mol. The van der Waals surface area contributed by atoms with Crippen molar-refractivity contribution >= 4 is 30.5 Å². The number of ether oxygens (including phenoxy) is 1. The molecule has 3 aromatic carbocycles. The van der Waals surface area contributed by atoms with E-state index in [1.807, 2.05) is 0 Å². The Kier molecular flexibility index (Phi) is 8.39. The zero-order chi connectivity index (χ0) is 27.1. The maximum absolute atomic E-state index is 12.5. The van der Waals surface area contributed by atoms with E-state index in [2.05, 4.69) is 0 Å². The lowest BCUT2D eigenvalue weighted by Gasteiger charge is -2.19. The van der Waals surface area contributed by atoms with Gasteiger partial charge in [-0.2, -0.15) is 0 Å². The number of carbonyl (C=O) groups is 2. The maximum atomic E-state index is 12.5. The number of esters is 1. The van der Waals surface area contributed by atoms with E-state index in [1.54, 1.807) is 0 Å². The van der Waals surface area contributed by atoms with Gasteiger partial charge < -0.3 is 45.3 Å². The molecule has 1 unspecified atom stereocenters. The number of phenolic OH excluding ortho intramolecular Hbond substituents is 6. The molecule has 2 atom stereocenters. The molecular weight excluding hydrogens is 484 g/mol. The molecule has 0 aromatic heterocycles. The fourth-order valence-corrected chi connectivity index (χ4v) is 3.35. The van der Waals surface area contributed by atoms with E-state index in [0.717, 1.165) is 6.08 Å². The Morgan fingerprint density at radius 3 is 2.08 bits per heavy atom. The molecular formula is C27H24O10. The number of aliphatic hydroxyl groups is 1. The van der Waals surface area contributed by atoms with Gasteiger partial charge in [-0.1, -0.05) is 24.3 Å². The van der Waals surface area contributed by atoms with E-state index in [9.17, 15) is 45.3 Å². The van der Waals surface area contributed by atoms with Gasteiger partial charge in [-0.3, -0.25) is 0 Å². The van der Waals surface area contributed by atoms with Crippen LogP contribution in [0.15, 0.2) is 54.6 Å². The smallest absolute Gasteiger partial charge is 0.331 e. The highest BCUT2D eigenvalue weighted by Gasteiger charge is 2.23. The van der Waals surface area contributed by atoms with Crippen LogP contribution in [0.25, 0.3) is 18.2 Å². The average molecular weight is 508 g/mol. The second-order valence-corrected chi connectivity index (χ2v) is 7.98. The Morgan fingerprint density at radius 1 is 0.784 bits per heavy atom. The summed E-state index contributed by atoms with van der Waals surface area (Å²) >= 11 is 0. The third-order valence-electron chi connectivity index (χ3n) is 5.33. The van der Waals surface area contributed by atoms with Crippen LogP contribution < -0.4 is 0 Å². The summed E-state index contributed by atoms with van der Waals surface area (Å²) in [5.74, 6) is -3.26. The van der Waals surface area contributed by atoms with Gasteiger partial charge in [0.2, 0.25) is 0 Å². The van der Waals surface area contributed by atoms with Gasteiger partial charge in [0.05, 0.1) is 0 Å². The van der Waals surface area contributed by atoms with Gasteiger partial charge in [-0.25, -0.2) is 4.79 Å². The zero-order valence-corrected chi connectivity index (χ0v) is 19.2. The fraction of sp³-hybridized carbons (Fsp3) is 0.111. The molecule has 0 heterocycles. The highest BCUT2D eigenvalue weighted by molar-refractivity contribution is 5.89. The molecule has 0 aliphatic rings. The molecule has 0 bridgehead atoms. The zero-order valence-electron chi connectivity index (χ0n) is 19.2. The molecule has 7 N–H and O–H groups in total. The maximum Gasteiger partial charge on any atom is 0.331 e. The highest BCUT2D eigenvalue weighted by Crippen LogP contribution is 2.34. The number of aromatic hydroxyl groups is 6. The Labute approximate surface area is 210 Å². The van der Waals surface area contributed by atoms with Gasteiger partial charge >= 0.3 is 5.97 Å². The monoisotopic (exact) mass is 508 g/mol. The van der Waals surface area contributed by atoms with E-state index in [4.69, 9.17) is 4.74 Å². The van der Waals surface area contributed by atoms with Crippen LogP contribution in [0.1, 0.15) is 22.3 Å². The van der Waals surface area contributed by atoms with E-state index < -0.39 is 35.4 Å². The summed E-state index contributed by atoms with van der Waals surface area (Å²) in [7, 11) is 0. The summed E-state index contributed by atoms with van der Waals surface area (Å²) in [6.07, 6.45) is 2.29. The van der Waals surface area contributed by atoms with Crippen molar-refractivity contribution in [2.75, 3.05) is 0 Å². The minimum Gasteiger partial charge on any atom is -0.504 e. The van der Waals surface area contributed by atoms with Gasteiger partial charge in [0.1, 0.15) is 12.2 Å². The van der Waals surface area contributed by atoms with Gasteiger partial charge in [-0.15, -0.1) is 0 Å². The van der Waals surface area contributed by atoms with Crippen LogP contribution in [0.3, 0.4) is 0 Å². The van der Waals surface area contributed by atoms with E-state index in [1.165, 1.54) is 66.8 Å². The number of aldehydes is 1. The van der Waals surface area contributed by atoms with Gasteiger partial charge in [0.15, 0.2) is 40.8 Å². The Hall–Kier alpha value is -4.96. The molecule has 0 saturated heterocycles. The van der Waals surface area contributed by atoms with Crippen LogP contribution in [0, 0.1) is 0 Å². The van der Waals surface area contributed by atoms with Crippen molar-refractivity contribution in [1.29, 1.82) is 0 Å². The second kappa shape index (κ2) is 11.6. The molecule has 3 aromatic rings. The third kappa shape index (κ3) is 6.80. The standard InChI is InChI=1S/C27H24O10/c28-14-24(34)25(13-16-3-8-20(30)23(33)12-16)37-26(35)10-5-17-4-9-21(31)27(36)18(17)6-1-15-2-7-19(29)22(32)11-15/h1-12,14,24-25,29-34,36H,13H2/b6-1+,10-5+/t24?,25-/m1/s1. The molecule has 10 nitrogen and oxygen atoms in total. The number of hydrogen-bond donors (Lipinski definition) is 7. The van der Waals surface area contributed by atoms with E-state index in [-0.39, 0.29) is 35.5 Å². The van der Waals surface area contributed by atoms with Crippen LogP contribution in [-0.4, -0.2) is 60.2 Å². The van der Waals surface area contributed by atoms with Crippen molar-refractivity contribution in [3.05, 3.63) is 76.9 Å². The SMILES string of the molecule is O=CC(O)[C@@H](Cc1ccc(O)c(O)c1)OC(=O)/C=C/c1ccc(O)c(O)c1/C=C/c1ccc(O)c(O)c1. The number of aliphatic hydroxyl groups excluding tert-OH is 1. The van der Waals surface area contributed by atoms with Crippen molar-refractivity contribution in [3.8, 4) is 34.5 Å². The number of rotatable bonds is 9. The first-order valence-corrected chi connectivity index (χ1v) is 10.9. The first kappa shape index (κ1) is 26.6. The van der Waals surface area contributed by atoms with Crippen molar-refractivity contribution in [2.24, 2.45) is 0 Å². The molecule has 0 saturated carbocycles. The van der Waals surface area contributed by atoms with Gasteiger partial charge in [-0.05, 0) is 59.2 Å². The molecule has 37 heavy (non-hydrogen) atoms. The van der Waals surface area contributed by atoms with Crippen LogP contribution in [0.4, 0.5) is 0 Å². The van der Waals surface area contributed by atoms with Crippen molar-refractivity contribution in [2.45, 2.75) is 18.6 Å². The molecule has 0 fully saturated rings. The lowest BCUT2D eigenvalue weighted by atomic mass is 10.0. The average Bonchev–Trinajstić information content (AvgIpc) is 2.87. The summed E-state index contributed by atoms with van der Waals surface area (Å²) < 4.78 is 5.21. The Balaban J connectivity index is 1.81. The van der Waals surface area contributed by atoms with Crippen molar-refractivity contribution < 1.29 is 50.1 Å². The van der Waals surface area contributed by atoms with Crippen LogP contribution in [-0.2, 0) is 20.7 Å². The molecule has 3 rings (SSSR count). The second-order valence-electron chi connectivity index (χ2n) is 7.98. The highest BCUT2D eigenvalue weighted by atomic mass is 16.6.